The van der Waals surface area contributed by atoms with Crippen molar-refractivity contribution in [3.63, 3.8) is 0 Å². The average Bonchev–Trinajstić information content (AvgIpc) is 2.63. The summed E-state index contributed by atoms with van der Waals surface area (Å²) in [6, 6.07) is 3.25. The molecule has 0 fully saturated rings. The van der Waals surface area contributed by atoms with Crippen molar-refractivity contribution in [1.29, 1.82) is 0 Å². The molecule has 1 heterocycles. The van der Waals surface area contributed by atoms with Gasteiger partial charge in [0.25, 0.3) is 0 Å². The van der Waals surface area contributed by atoms with Crippen LogP contribution in [0.1, 0.15) is 23.1 Å². The van der Waals surface area contributed by atoms with Crippen molar-refractivity contribution in [2.75, 3.05) is 0 Å². The first-order chi connectivity index (χ1) is 7.99. The molecule has 5 heteroatoms. The Morgan fingerprint density at radius 1 is 1.12 bits per heavy atom. The lowest BCUT2D eigenvalue weighted by atomic mass is 10.0. The average molecular weight is 241 g/mol. The molecule has 0 spiro atoms. The highest BCUT2D eigenvalue weighted by molar-refractivity contribution is 5.30. The zero-order chi connectivity index (χ0) is 12.6. The van der Waals surface area contributed by atoms with Crippen LogP contribution < -0.4 is 5.73 Å². The summed E-state index contributed by atoms with van der Waals surface area (Å²) in [7, 11) is 0. The molecule has 1 atom stereocenters. The first-order valence-corrected chi connectivity index (χ1v) is 4.95. The summed E-state index contributed by atoms with van der Waals surface area (Å²) in [6.45, 7) is 1.69. The number of nitrogens with two attached hydrogens (primary N) is 1. The Morgan fingerprint density at radius 3 is 2.18 bits per heavy atom. The number of benzene rings is 1. The molecule has 0 aliphatic carbocycles. The fourth-order valence-corrected chi connectivity index (χ4v) is 1.61. The normalized spacial score (nSPS) is 12.8. The molecule has 2 aromatic rings. The Kier molecular flexibility index (Phi) is 2.93. The minimum absolute atomic E-state index is 0.229. The second-order valence-corrected chi connectivity index (χ2v) is 3.71. The van der Waals surface area contributed by atoms with Crippen molar-refractivity contribution in [3.05, 3.63) is 58.8 Å². The molecule has 1 aromatic carbocycles. The fourth-order valence-electron chi connectivity index (χ4n) is 1.61. The summed E-state index contributed by atoms with van der Waals surface area (Å²) in [5, 5.41) is 0. The molecular weight excluding hydrogens is 231 g/mol. The van der Waals surface area contributed by atoms with Crippen LogP contribution in [-0.4, -0.2) is 0 Å². The van der Waals surface area contributed by atoms with Gasteiger partial charge in [-0.15, -0.1) is 0 Å². The van der Waals surface area contributed by atoms with Gasteiger partial charge in [0.1, 0.15) is 29.0 Å². The topological polar surface area (TPSA) is 39.2 Å². The van der Waals surface area contributed by atoms with Gasteiger partial charge in [-0.1, -0.05) is 0 Å². The molecule has 0 aliphatic rings. The molecule has 1 aromatic heterocycles. The van der Waals surface area contributed by atoms with E-state index in [4.69, 9.17) is 10.2 Å². The van der Waals surface area contributed by atoms with E-state index in [-0.39, 0.29) is 5.76 Å². The zero-order valence-corrected chi connectivity index (χ0v) is 9.01. The van der Waals surface area contributed by atoms with Gasteiger partial charge in [-0.05, 0) is 19.1 Å². The van der Waals surface area contributed by atoms with Crippen molar-refractivity contribution < 1.29 is 17.6 Å². The van der Waals surface area contributed by atoms with Gasteiger partial charge in [-0.3, -0.25) is 0 Å². The van der Waals surface area contributed by atoms with Crippen LogP contribution in [0.25, 0.3) is 0 Å². The first-order valence-electron chi connectivity index (χ1n) is 4.95. The number of furan rings is 1. The van der Waals surface area contributed by atoms with Gasteiger partial charge in [-0.2, -0.15) is 0 Å². The number of hydrogen-bond donors (Lipinski definition) is 1. The van der Waals surface area contributed by atoms with Crippen LogP contribution in [0.4, 0.5) is 13.2 Å². The van der Waals surface area contributed by atoms with Crippen molar-refractivity contribution in [2.24, 2.45) is 5.73 Å². The SMILES string of the molecule is Cc1ccc(C(N)c2c(F)cc(F)cc2F)o1. The molecule has 2 N–H and O–H groups in total. The predicted octanol–water partition coefficient (Wildman–Crippen LogP) is 3.05. The molecule has 0 bridgehead atoms. The zero-order valence-electron chi connectivity index (χ0n) is 9.01. The number of rotatable bonds is 2. The first kappa shape index (κ1) is 11.7. The van der Waals surface area contributed by atoms with Gasteiger partial charge in [-0.25, -0.2) is 13.2 Å². The van der Waals surface area contributed by atoms with E-state index in [1.807, 2.05) is 0 Å². The largest absolute Gasteiger partial charge is 0.464 e. The van der Waals surface area contributed by atoms with Gasteiger partial charge in [0.05, 0.1) is 6.04 Å². The highest BCUT2D eigenvalue weighted by Gasteiger charge is 2.22. The Hall–Kier alpha value is -1.75. The predicted molar refractivity (Wildman–Crippen MR) is 55.8 cm³/mol. The van der Waals surface area contributed by atoms with Crippen molar-refractivity contribution in [3.8, 4) is 0 Å². The van der Waals surface area contributed by atoms with Crippen molar-refractivity contribution in [1.82, 2.24) is 0 Å². The van der Waals surface area contributed by atoms with E-state index in [1.54, 1.807) is 13.0 Å². The van der Waals surface area contributed by atoms with E-state index >= 15 is 0 Å². The molecule has 0 saturated heterocycles. The molecule has 2 nitrogen and oxygen atoms in total. The van der Waals surface area contributed by atoms with E-state index in [0.29, 0.717) is 17.9 Å². The van der Waals surface area contributed by atoms with Gasteiger partial charge < -0.3 is 10.2 Å². The van der Waals surface area contributed by atoms with Crippen LogP contribution in [-0.2, 0) is 0 Å². The Labute approximate surface area is 95.8 Å². The van der Waals surface area contributed by atoms with Gasteiger partial charge in [0.15, 0.2) is 0 Å². The van der Waals surface area contributed by atoms with Crippen molar-refractivity contribution in [2.45, 2.75) is 13.0 Å². The van der Waals surface area contributed by atoms with Gasteiger partial charge in [0, 0.05) is 17.7 Å². The lowest BCUT2D eigenvalue weighted by Gasteiger charge is -2.11. The maximum absolute atomic E-state index is 13.5. The summed E-state index contributed by atoms with van der Waals surface area (Å²) in [5.41, 5.74) is 5.28. The molecule has 0 radical (unpaired) electrons. The van der Waals surface area contributed by atoms with E-state index in [0.717, 1.165) is 0 Å². The van der Waals surface area contributed by atoms with Gasteiger partial charge >= 0.3 is 0 Å². The molecule has 0 amide bonds. The summed E-state index contributed by atoms with van der Waals surface area (Å²) >= 11 is 0. The standard InChI is InChI=1S/C12H10F3NO/c1-6-2-3-10(17-6)12(16)11-8(14)4-7(13)5-9(11)15/h2-5,12H,16H2,1H3. The Bertz CT molecular complexity index is 527. The minimum Gasteiger partial charge on any atom is -0.464 e. The Balaban J connectivity index is 2.47. The second kappa shape index (κ2) is 4.25. The molecule has 0 aliphatic heterocycles. The molecule has 2 rings (SSSR count). The third-order valence-corrected chi connectivity index (χ3v) is 2.42. The lowest BCUT2D eigenvalue weighted by Crippen LogP contribution is -2.15. The maximum Gasteiger partial charge on any atom is 0.134 e. The van der Waals surface area contributed by atoms with Crippen LogP contribution in [0.15, 0.2) is 28.7 Å². The van der Waals surface area contributed by atoms with E-state index < -0.39 is 29.1 Å². The third-order valence-electron chi connectivity index (χ3n) is 2.42. The monoisotopic (exact) mass is 241 g/mol. The van der Waals surface area contributed by atoms with Crippen LogP contribution in [0, 0.1) is 24.4 Å². The third kappa shape index (κ3) is 2.19. The molecule has 17 heavy (non-hydrogen) atoms. The van der Waals surface area contributed by atoms with E-state index in [1.165, 1.54) is 6.07 Å². The lowest BCUT2D eigenvalue weighted by molar-refractivity contribution is 0.445. The summed E-state index contributed by atoms with van der Waals surface area (Å²) < 4.78 is 44.8. The summed E-state index contributed by atoms with van der Waals surface area (Å²) in [6.07, 6.45) is 0. The van der Waals surface area contributed by atoms with E-state index in [9.17, 15) is 13.2 Å². The summed E-state index contributed by atoms with van der Waals surface area (Å²) in [4.78, 5) is 0. The molecule has 90 valence electrons. The summed E-state index contributed by atoms with van der Waals surface area (Å²) in [5.74, 6) is -2.22. The highest BCUT2D eigenvalue weighted by Crippen LogP contribution is 2.26. The Morgan fingerprint density at radius 2 is 1.71 bits per heavy atom. The van der Waals surface area contributed by atoms with Crippen LogP contribution in [0.2, 0.25) is 0 Å². The van der Waals surface area contributed by atoms with Crippen LogP contribution >= 0.6 is 0 Å². The number of hydrogen-bond acceptors (Lipinski definition) is 2. The van der Waals surface area contributed by atoms with Crippen molar-refractivity contribution >= 4 is 0 Å². The minimum atomic E-state index is -1.09. The second-order valence-electron chi connectivity index (χ2n) is 3.71. The fraction of sp³-hybridized carbons (Fsp3) is 0.167. The molecular formula is C12H10F3NO. The highest BCUT2D eigenvalue weighted by atomic mass is 19.1. The van der Waals surface area contributed by atoms with Gasteiger partial charge in [0.2, 0.25) is 0 Å². The quantitative estimate of drug-likeness (QED) is 0.877. The molecule has 1 unspecified atom stereocenters. The maximum atomic E-state index is 13.5. The molecule has 0 saturated carbocycles. The smallest absolute Gasteiger partial charge is 0.134 e. The van der Waals surface area contributed by atoms with Crippen LogP contribution in [0.3, 0.4) is 0 Å². The number of aryl methyl sites for hydroxylation is 1. The number of halogens is 3. The van der Waals surface area contributed by atoms with Crippen LogP contribution in [0.5, 0.6) is 0 Å². The van der Waals surface area contributed by atoms with E-state index in [2.05, 4.69) is 0 Å².